The second-order valence-corrected chi connectivity index (χ2v) is 7.44. The van der Waals surface area contributed by atoms with Crippen molar-refractivity contribution < 1.29 is 27.4 Å². The number of carbonyl (C=O) groups is 1. The van der Waals surface area contributed by atoms with Gasteiger partial charge in [-0.2, -0.15) is 4.39 Å². The number of hydrogen-bond donors (Lipinski definition) is 2. The highest BCUT2D eigenvalue weighted by atomic mass is 19.1. The Morgan fingerprint density at radius 2 is 2.10 bits per heavy atom. The summed E-state index contributed by atoms with van der Waals surface area (Å²) in [5, 5.41) is 11.0. The quantitative estimate of drug-likeness (QED) is 0.746. The number of aromatic nitrogens is 1. The van der Waals surface area contributed by atoms with Gasteiger partial charge in [0, 0.05) is 18.7 Å². The van der Waals surface area contributed by atoms with Crippen molar-refractivity contribution in [3.63, 3.8) is 0 Å². The molecule has 1 aromatic carbocycles. The van der Waals surface area contributed by atoms with Crippen molar-refractivity contribution in [3.05, 3.63) is 53.6 Å². The summed E-state index contributed by atoms with van der Waals surface area (Å²) >= 11 is 0. The molecule has 0 bridgehead atoms. The molecule has 2 aliphatic rings. The predicted molar refractivity (Wildman–Crippen MR) is 99.5 cm³/mol. The third kappa shape index (κ3) is 3.26. The molecule has 3 heterocycles. The fourth-order valence-corrected chi connectivity index (χ4v) is 3.89. The van der Waals surface area contributed by atoms with Gasteiger partial charge in [0.25, 0.3) is 5.95 Å². The molecule has 2 aliphatic heterocycles. The molecule has 3 atom stereocenters. The van der Waals surface area contributed by atoms with Crippen LogP contribution in [0.1, 0.15) is 18.9 Å². The minimum atomic E-state index is -1.34. The number of nitrogens with one attached hydrogen (secondary N) is 2. The average molecular weight is 420 g/mol. The van der Waals surface area contributed by atoms with Crippen LogP contribution in [0.25, 0.3) is 0 Å². The second kappa shape index (κ2) is 7.28. The van der Waals surface area contributed by atoms with E-state index in [2.05, 4.69) is 10.3 Å². The van der Waals surface area contributed by atoms with Crippen LogP contribution in [0.2, 0.25) is 0 Å². The molecule has 30 heavy (non-hydrogen) atoms. The summed E-state index contributed by atoms with van der Waals surface area (Å²) < 4.78 is 53.3. The van der Waals surface area contributed by atoms with Crippen LogP contribution in [0.5, 0.6) is 11.5 Å². The molecule has 0 saturated carbocycles. The largest absolute Gasteiger partial charge is 0.452 e. The number of guanidine groups is 1. The van der Waals surface area contributed by atoms with Crippen molar-refractivity contribution in [2.45, 2.75) is 25.0 Å². The number of pyridine rings is 1. The lowest BCUT2D eigenvalue weighted by Crippen LogP contribution is -2.69. The highest BCUT2D eigenvalue weighted by Gasteiger charge is 2.54. The summed E-state index contributed by atoms with van der Waals surface area (Å²) in [5.74, 6) is -4.14. The Balaban J connectivity index is 1.78. The highest BCUT2D eigenvalue weighted by molar-refractivity contribution is 6.00. The summed E-state index contributed by atoms with van der Waals surface area (Å²) in [6, 6.07) is 4.48. The number of ether oxygens (including phenoxy) is 2. The number of nitrogens with zero attached hydrogens (tertiary/aromatic N) is 2. The minimum absolute atomic E-state index is 0.0177. The van der Waals surface area contributed by atoms with Crippen molar-refractivity contribution in [3.8, 4) is 11.5 Å². The topological polar surface area (TPSA) is 87.5 Å². The molecule has 2 N–H and O–H groups in total. The third-order valence-electron chi connectivity index (χ3n) is 5.48. The molecule has 2 aromatic rings. The zero-order valence-electron chi connectivity index (χ0n) is 16.2. The van der Waals surface area contributed by atoms with Gasteiger partial charge < -0.3 is 14.8 Å². The number of carbonyl (C=O) groups excluding carboxylic acids is 1. The van der Waals surface area contributed by atoms with E-state index in [-0.39, 0.29) is 35.9 Å². The maximum Gasteiger partial charge on any atom is 0.256 e. The van der Waals surface area contributed by atoms with Crippen LogP contribution in [-0.2, 0) is 15.1 Å². The van der Waals surface area contributed by atoms with Gasteiger partial charge in [-0.15, -0.1) is 0 Å². The Morgan fingerprint density at radius 3 is 2.87 bits per heavy atom. The first kappa shape index (κ1) is 20.1. The lowest BCUT2D eigenvalue weighted by Gasteiger charge is -2.51. The molecule has 0 radical (unpaired) electrons. The van der Waals surface area contributed by atoms with Gasteiger partial charge in [0.05, 0.1) is 24.8 Å². The third-order valence-corrected chi connectivity index (χ3v) is 5.48. The number of halogens is 3. The SMILES string of the molecule is C[C@H]1C[C@H]2C(=O)N(C)C(=N)N[C@@]2(c2cc(Oc3cc(F)cnc3F)ccc2F)CO1. The summed E-state index contributed by atoms with van der Waals surface area (Å²) in [6.07, 6.45) is 0.794. The Labute approximate surface area is 170 Å². The molecule has 10 heteroatoms. The first-order chi connectivity index (χ1) is 14.2. The fourth-order valence-electron chi connectivity index (χ4n) is 3.89. The number of fused-ring (bicyclic) bond motifs is 1. The Hall–Kier alpha value is -3.14. The summed E-state index contributed by atoms with van der Waals surface area (Å²) in [4.78, 5) is 17.3. The van der Waals surface area contributed by atoms with Crippen molar-refractivity contribution >= 4 is 11.9 Å². The summed E-state index contributed by atoms with van der Waals surface area (Å²) in [5.41, 5.74) is -1.30. The molecule has 1 amide bonds. The average Bonchev–Trinajstić information content (AvgIpc) is 2.71. The van der Waals surface area contributed by atoms with Crippen molar-refractivity contribution in [2.75, 3.05) is 13.7 Å². The summed E-state index contributed by atoms with van der Waals surface area (Å²) in [6.45, 7) is 1.75. The van der Waals surface area contributed by atoms with Crippen molar-refractivity contribution in [1.29, 1.82) is 5.41 Å². The number of rotatable bonds is 3. The Bertz CT molecular complexity index is 1030. The number of amides is 1. The van der Waals surface area contributed by atoms with Crippen molar-refractivity contribution in [1.82, 2.24) is 15.2 Å². The van der Waals surface area contributed by atoms with E-state index in [1.54, 1.807) is 0 Å². The molecule has 2 saturated heterocycles. The first-order valence-electron chi connectivity index (χ1n) is 9.26. The van der Waals surface area contributed by atoms with E-state index in [1.807, 2.05) is 6.92 Å². The van der Waals surface area contributed by atoms with E-state index in [1.165, 1.54) is 24.1 Å². The fraction of sp³-hybridized carbons (Fsp3) is 0.350. The van der Waals surface area contributed by atoms with Gasteiger partial charge in [-0.05, 0) is 31.5 Å². The molecule has 7 nitrogen and oxygen atoms in total. The standard InChI is InChI=1S/C20H19F3N4O3/c1-10-5-14-18(28)27(2)19(24)26-20(14,9-29-10)13-7-12(3-4-15(13)22)30-16-6-11(21)8-25-17(16)23/h3-4,6-8,10,14H,5,9H2,1-2H3,(H2,24,26)/t10-,14-,20+/m0/s1. The second-order valence-electron chi connectivity index (χ2n) is 7.44. The van der Waals surface area contributed by atoms with Crippen LogP contribution >= 0.6 is 0 Å². The van der Waals surface area contributed by atoms with Gasteiger partial charge >= 0.3 is 0 Å². The molecular formula is C20H19F3N4O3. The zero-order valence-corrected chi connectivity index (χ0v) is 16.2. The minimum Gasteiger partial charge on any atom is -0.452 e. The number of hydrogen-bond acceptors (Lipinski definition) is 5. The molecule has 0 aliphatic carbocycles. The smallest absolute Gasteiger partial charge is 0.256 e. The van der Waals surface area contributed by atoms with E-state index < -0.39 is 34.8 Å². The van der Waals surface area contributed by atoms with E-state index in [0.29, 0.717) is 12.6 Å². The van der Waals surface area contributed by atoms with E-state index in [0.717, 1.165) is 12.1 Å². The molecule has 158 valence electrons. The van der Waals surface area contributed by atoms with Gasteiger partial charge in [-0.1, -0.05) is 0 Å². The Morgan fingerprint density at radius 1 is 1.33 bits per heavy atom. The van der Waals surface area contributed by atoms with Crippen LogP contribution in [0.15, 0.2) is 30.5 Å². The highest BCUT2D eigenvalue weighted by Crippen LogP contribution is 2.43. The van der Waals surface area contributed by atoms with Gasteiger partial charge in [-0.25, -0.2) is 13.8 Å². The predicted octanol–water partition coefficient (Wildman–Crippen LogP) is 2.91. The van der Waals surface area contributed by atoms with Crippen LogP contribution in [0.4, 0.5) is 13.2 Å². The Kier molecular flexibility index (Phi) is 4.89. The van der Waals surface area contributed by atoms with Crippen LogP contribution in [0.3, 0.4) is 0 Å². The summed E-state index contributed by atoms with van der Waals surface area (Å²) in [7, 11) is 1.47. The van der Waals surface area contributed by atoms with E-state index >= 15 is 0 Å². The maximum absolute atomic E-state index is 15.0. The van der Waals surface area contributed by atoms with E-state index in [4.69, 9.17) is 14.9 Å². The monoisotopic (exact) mass is 420 g/mol. The normalized spacial score (nSPS) is 26.2. The van der Waals surface area contributed by atoms with Gasteiger partial charge in [0.15, 0.2) is 11.7 Å². The van der Waals surface area contributed by atoms with Gasteiger partial charge in [-0.3, -0.25) is 15.1 Å². The number of benzene rings is 1. The van der Waals surface area contributed by atoms with Gasteiger partial charge in [0.2, 0.25) is 5.91 Å². The molecule has 2 fully saturated rings. The van der Waals surface area contributed by atoms with Gasteiger partial charge in [0.1, 0.15) is 22.9 Å². The first-order valence-corrected chi connectivity index (χ1v) is 9.26. The molecule has 0 unspecified atom stereocenters. The lowest BCUT2D eigenvalue weighted by atomic mass is 9.72. The molecule has 4 rings (SSSR count). The van der Waals surface area contributed by atoms with E-state index in [9.17, 15) is 18.0 Å². The zero-order chi connectivity index (χ0) is 21.6. The molecule has 1 aromatic heterocycles. The van der Waals surface area contributed by atoms with Crippen LogP contribution < -0.4 is 10.1 Å². The van der Waals surface area contributed by atoms with Crippen LogP contribution in [-0.4, -0.2) is 41.5 Å². The molecule has 0 spiro atoms. The van der Waals surface area contributed by atoms with Crippen molar-refractivity contribution in [2.24, 2.45) is 5.92 Å². The lowest BCUT2D eigenvalue weighted by molar-refractivity contribution is -0.148. The maximum atomic E-state index is 15.0. The molecular weight excluding hydrogens is 401 g/mol. The van der Waals surface area contributed by atoms with Crippen LogP contribution in [0, 0.1) is 28.9 Å².